The summed E-state index contributed by atoms with van der Waals surface area (Å²) in [5.41, 5.74) is 6.26. The highest BCUT2D eigenvalue weighted by Gasteiger charge is 2.11. The largest absolute Gasteiger partial charge is 0.385 e. The van der Waals surface area contributed by atoms with Gasteiger partial charge in [0.25, 0.3) is 0 Å². The summed E-state index contributed by atoms with van der Waals surface area (Å²) in [4.78, 5) is 0. The second-order valence-corrected chi connectivity index (χ2v) is 5.39. The first-order valence-corrected chi connectivity index (χ1v) is 7.88. The zero-order valence-corrected chi connectivity index (χ0v) is 12.9. The number of benzene rings is 3. The number of hydrogen-bond acceptors (Lipinski definition) is 1. The normalized spacial score (nSPS) is 10.4. The van der Waals surface area contributed by atoms with E-state index in [0.717, 1.165) is 13.0 Å². The van der Waals surface area contributed by atoms with Crippen LogP contribution in [0.3, 0.4) is 0 Å². The Labute approximate surface area is 132 Å². The molecule has 110 valence electrons. The van der Waals surface area contributed by atoms with E-state index in [1.54, 1.807) is 0 Å². The molecule has 1 heteroatoms. The van der Waals surface area contributed by atoms with Crippen LogP contribution in [-0.2, 0) is 0 Å². The van der Waals surface area contributed by atoms with Crippen LogP contribution >= 0.6 is 0 Å². The fourth-order valence-electron chi connectivity index (χ4n) is 2.73. The van der Waals surface area contributed by atoms with Crippen molar-refractivity contribution in [1.82, 2.24) is 0 Å². The Morgan fingerprint density at radius 1 is 0.682 bits per heavy atom. The Bertz CT molecular complexity index is 717. The minimum absolute atomic E-state index is 0.984. The topological polar surface area (TPSA) is 12.0 Å². The molecule has 0 spiro atoms. The van der Waals surface area contributed by atoms with Gasteiger partial charge in [-0.15, -0.1) is 0 Å². The molecule has 0 aliphatic rings. The monoisotopic (exact) mass is 287 g/mol. The van der Waals surface area contributed by atoms with Gasteiger partial charge in [0.2, 0.25) is 0 Å². The van der Waals surface area contributed by atoms with Crippen LogP contribution in [0.5, 0.6) is 0 Å². The molecule has 3 aromatic rings. The third-order valence-corrected chi connectivity index (χ3v) is 3.78. The lowest BCUT2D eigenvalue weighted by atomic mass is 9.93. The van der Waals surface area contributed by atoms with Gasteiger partial charge in [0.05, 0.1) is 0 Å². The maximum absolute atomic E-state index is 3.57. The van der Waals surface area contributed by atoms with Crippen LogP contribution in [0, 0.1) is 0 Å². The van der Waals surface area contributed by atoms with E-state index in [2.05, 4.69) is 91.1 Å². The number of nitrogens with one attached hydrogen (secondary N) is 1. The molecule has 0 saturated heterocycles. The molecule has 0 aliphatic carbocycles. The predicted molar refractivity (Wildman–Crippen MR) is 96.1 cm³/mol. The van der Waals surface area contributed by atoms with Gasteiger partial charge in [-0.05, 0) is 29.2 Å². The van der Waals surface area contributed by atoms with Crippen LogP contribution in [0.25, 0.3) is 22.3 Å². The molecule has 0 saturated carbocycles. The second kappa shape index (κ2) is 6.95. The van der Waals surface area contributed by atoms with Crippen LogP contribution in [-0.4, -0.2) is 6.54 Å². The van der Waals surface area contributed by atoms with Gasteiger partial charge in [0, 0.05) is 17.8 Å². The van der Waals surface area contributed by atoms with Crippen LogP contribution < -0.4 is 5.32 Å². The van der Waals surface area contributed by atoms with Crippen molar-refractivity contribution in [2.75, 3.05) is 11.9 Å². The maximum Gasteiger partial charge on any atom is 0.0426 e. The molecule has 0 radical (unpaired) electrons. The Morgan fingerprint density at radius 2 is 1.32 bits per heavy atom. The summed E-state index contributed by atoms with van der Waals surface area (Å²) in [6.45, 7) is 3.17. The van der Waals surface area contributed by atoms with E-state index in [0.29, 0.717) is 0 Å². The average Bonchev–Trinajstić information content (AvgIpc) is 2.61. The number of rotatable bonds is 5. The van der Waals surface area contributed by atoms with Crippen LogP contribution in [0.4, 0.5) is 5.69 Å². The van der Waals surface area contributed by atoms with Crippen LogP contribution in [0.1, 0.15) is 13.3 Å². The lowest BCUT2D eigenvalue weighted by Gasteiger charge is -2.17. The molecule has 3 rings (SSSR count). The molecule has 0 bridgehead atoms. The van der Waals surface area contributed by atoms with Crippen molar-refractivity contribution in [3.63, 3.8) is 0 Å². The molecule has 0 amide bonds. The minimum atomic E-state index is 0.984. The quantitative estimate of drug-likeness (QED) is 0.621. The predicted octanol–water partition coefficient (Wildman–Crippen LogP) is 5.84. The summed E-state index contributed by atoms with van der Waals surface area (Å²) in [5.74, 6) is 0. The van der Waals surface area contributed by atoms with Crippen molar-refractivity contribution >= 4 is 5.69 Å². The average molecular weight is 287 g/mol. The third kappa shape index (κ3) is 3.04. The van der Waals surface area contributed by atoms with Crippen LogP contribution in [0.15, 0.2) is 78.9 Å². The molecular weight excluding hydrogens is 266 g/mol. The molecule has 0 atom stereocenters. The van der Waals surface area contributed by atoms with Gasteiger partial charge in [-0.25, -0.2) is 0 Å². The van der Waals surface area contributed by atoms with Gasteiger partial charge in [-0.2, -0.15) is 0 Å². The van der Waals surface area contributed by atoms with E-state index in [4.69, 9.17) is 0 Å². The summed E-state index contributed by atoms with van der Waals surface area (Å²) in [7, 11) is 0. The van der Waals surface area contributed by atoms with Gasteiger partial charge in [0.15, 0.2) is 0 Å². The van der Waals surface area contributed by atoms with E-state index in [-0.39, 0.29) is 0 Å². The molecule has 0 unspecified atom stereocenters. The molecular formula is C21H21N. The summed E-state index contributed by atoms with van der Waals surface area (Å²) in [5, 5.41) is 3.57. The van der Waals surface area contributed by atoms with Crippen molar-refractivity contribution in [1.29, 1.82) is 0 Å². The summed E-state index contributed by atoms with van der Waals surface area (Å²) >= 11 is 0. The first-order chi connectivity index (χ1) is 10.9. The lowest BCUT2D eigenvalue weighted by molar-refractivity contribution is 0.980. The molecule has 0 aromatic heterocycles. The summed E-state index contributed by atoms with van der Waals surface area (Å²) < 4.78 is 0. The van der Waals surface area contributed by atoms with Crippen molar-refractivity contribution in [2.24, 2.45) is 0 Å². The molecule has 1 N–H and O–H groups in total. The van der Waals surface area contributed by atoms with Crippen molar-refractivity contribution < 1.29 is 0 Å². The highest BCUT2D eigenvalue weighted by molar-refractivity contribution is 5.91. The Morgan fingerprint density at radius 3 is 1.95 bits per heavy atom. The minimum Gasteiger partial charge on any atom is -0.385 e. The zero-order chi connectivity index (χ0) is 15.2. The van der Waals surface area contributed by atoms with E-state index in [9.17, 15) is 0 Å². The SMILES string of the molecule is CCCNc1cccc(-c2ccccc2)c1-c1ccccc1. The molecule has 1 nitrogen and oxygen atoms in total. The zero-order valence-electron chi connectivity index (χ0n) is 12.9. The maximum atomic E-state index is 3.57. The molecule has 3 aromatic carbocycles. The van der Waals surface area contributed by atoms with E-state index in [1.165, 1.54) is 27.9 Å². The standard InChI is InChI=1S/C21H21N/c1-2-16-22-20-15-9-14-19(17-10-5-3-6-11-17)21(20)18-12-7-4-8-13-18/h3-15,22H,2,16H2,1H3. The van der Waals surface area contributed by atoms with Gasteiger partial charge < -0.3 is 5.32 Å². The van der Waals surface area contributed by atoms with E-state index in [1.807, 2.05) is 0 Å². The van der Waals surface area contributed by atoms with Gasteiger partial charge in [0.1, 0.15) is 0 Å². The molecule has 0 heterocycles. The van der Waals surface area contributed by atoms with Gasteiger partial charge in [-0.1, -0.05) is 79.7 Å². The first-order valence-electron chi connectivity index (χ1n) is 7.88. The van der Waals surface area contributed by atoms with E-state index >= 15 is 0 Å². The fraction of sp³-hybridized carbons (Fsp3) is 0.143. The van der Waals surface area contributed by atoms with Crippen molar-refractivity contribution in [3.8, 4) is 22.3 Å². The summed E-state index contributed by atoms with van der Waals surface area (Å²) in [6.07, 6.45) is 1.11. The highest BCUT2D eigenvalue weighted by Crippen LogP contribution is 2.37. The smallest absolute Gasteiger partial charge is 0.0426 e. The number of anilines is 1. The van der Waals surface area contributed by atoms with Crippen molar-refractivity contribution in [3.05, 3.63) is 78.9 Å². The summed E-state index contributed by atoms with van der Waals surface area (Å²) in [6, 6.07) is 27.7. The van der Waals surface area contributed by atoms with Gasteiger partial charge >= 0.3 is 0 Å². The van der Waals surface area contributed by atoms with Crippen LogP contribution in [0.2, 0.25) is 0 Å². The molecule has 0 fully saturated rings. The fourth-order valence-corrected chi connectivity index (χ4v) is 2.73. The lowest BCUT2D eigenvalue weighted by Crippen LogP contribution is -2.02. The Kier molecular flexibility index (Phi) is 4.55. The highest BCUT2D eigenvalue weighted by atomic mass is 14.9. The first kappa shape index (κ1) is 14.4. The number of hydrogen-bond donors (Lipinski definition) is 1. The third-order valence-electron chi connectivity index (χ3n) is 3.78. The molecule has 0 aliphatic heterocycles. The Balaban J connectivity index is 2.17. The molecule has 22 heavy (non-hydrogen) atoms. The van der Waals surface area contributed by atoms with Crippen molar-refractivity contribution in [2.45, 2.75) is 13.3 Å². The Hall–Kier alpha value is -2.54. The second-order valence-electron chi connectivity index (χ2n) is 5.39. The van der Waals surface area contributed by atoms with E-state index < -0.39 is 0 Å². The van der Waals surface area contributed by atoms with Gasteiger partial charge in [-0.3, -0.25) is 0 Å².